The standard InChI is InChI=1S/C50H30N2S/c1-3-12-31(13-4-1)45-30-46(32-14-5-2-6-15-32)52-50(51-45)36-17-11-16-33(29-36)34-22-24-37-35(28-34)23-25-43-44-27-26-42-40-20-8-7-18-38(40)39-19-9-10-21-41(39)47(42)49(44)53-48(37)43/h1-30H. The van der Waals surface area contributed by atoms with Crippen LogP contribution < -0.4 is 0 Å². The van der Waals surface area contributed by atoms with E-state index in [9.17, 15) is 0 Å². The van der Waals surface area contributed by atoms with E-state index < -0.39 is 0 Å². The fourth-order valence-electron chi connectivity index (χ4n) is 8.11. The Morgan fingerprint density at radius 3 is 1.49 bits per heavy atom. The van der Waals surface area contributed by atoms with Crippen LogP contribution >= 0.6 is 11.3 Å². The minimum Gasteiger partial charge on any atom is -0.228 e. The SMILES string of the molecule is c1ccc(-c2cc(-c3ccccc3)nc(-c3cccc(-c4ccc5c(ccc6c7ccc8c9ccccc9c9ccccc9c8c7sc56)c4)c3)n2)cc1. The van der Waals surface area contributed by atoms with Gasteiger partial charge >= 0.3 is 0 Å². The Morgan fingerprint density at radius 2 is 0.792 bits per heavy atom. The highest BCUT2D eigenvalue weighted by Gasteiger charge is 2.17. The number of fused-ring (bicyclic) bond motifs is 12. The van der Waals surface area contributed by atoms with Crippen molar-refractivity contribution >= 4 is 74.6 Å². The van der Waals surface area contributed by atoms with Gasteiger partial charge in [0.2, 0.25) is 0 Å². The fourth-order valence-corrected chi connectivity index (χ4v) is 9.51. The Kier molecular flexibility index (Phi) is 6.76. The molecule has 246 valence electrons. The molecule has 3 heteroatoms. The van der Waals surface area contributed by atoms with Gasteiger partial charge in [0.15, 0.2) is 5.82 Å². The summed E-state index contributed by atoms with van der Waals surface area (Å²) < 4.78 is 2.69. The Bertz CT molecular complexity index is 3120. The van der Waals surface area contributed by atoms with Gasteiger partial charge in [-0.05, 0) is 67.0 Å². The quantitative estimate of drug-likeness (QED) is 0.172. The van der Waals surface area contributed by atoms with Crippen LogP contribution in [0.3, 0.4) is 0 Å². The summed E-state index contributed by atoms with van der Waals surface area (Å²) in [5, 5.41) is 13.1. The second kappa shape index (κ2) is 11.9. The molecule has 0 radical (unpaired) electrons. The minimum absolute atomic E-state index is 0.715. The highest BCUT2D eigenvalue weighted by Crippen LogP contribution is 2.46. The first-order chi connectivity index (χ1) is 26.3. The normalized spacial score (nSPS) is 11.8. The summed E-state index contributed by atoms with van der Waals surface area (Å²) >= 11 is 1.93. The smallest absolute Gasteiger partial charge is 0.160 e. The molecule has 0 unspecified atom stereocenters. The molecule has 0 bridgehead atoms. The number of nitrogens with zero attached hydrogens (tertiary/aromatic N) is 2. The van der Waals surface area contributed by atoms with Gasteiger partial charge in [-0.15, -0.1) is 11.3 Å². The number of thiophene rings is 1. The zero-order chi connectivity index (χ0) is 34.9. The van der Waals surface area contributed by atoms with Crippen LogP contribution in [0.5, 0.6) is 0 Å². The molecule has 0 atom stereocenters. The summed E-state index contributed by atoms with van der Waals surface area (Å²) in [6.07, 6.45) is 0. The van der Waals surface area contributed by atoms with E-state index in [1.807, 2.05) is 23.5 Å². The molecule has 0 saturated carbocycles. The lowest BCUT2D eigenvalue weighted by atomic mass is 9.93. The predicted molar refractivity (Wildman–Crippen MR) is 227 cm³/mol. The van der Waals surface area contributed by atoms with Gasteiger partial charge in [-0.2, -0.15) is 0 Å². The van der Waals surface area contributed by atoms with E-state index in [1.165, 1.54) is 68.8 Å². The van der Waals surface area contributed by atoms with Crippen molar-refractivity contribution in [1.82, 2.24) is 9.97 Å². The summed E-state index contributed by atoms with van der Waals surface area (Å²) in [7, 11) is 0. The number of hydrogen-bond donors (Lipinski definition) is 0. The highest BCUT2D eigenvalue weighted by molar-refractivity contribution is 7.27. The summed E-state index contributed by atoms with van der Waals surface area (Å²) in [5.74, 6) is 0.715. The van der Waals surface area contributed by atoms with Gasteiger partial charge in [0, 0.05) is 42.2 Å². The first kappa shape index (κ1) is 30.0. The average molecular weight is 691 g/mol. The molecule has 53 heavy (non-hydrogen) atoms. The molecule has 2 nitrogen and oxygen atoms in total. The zero-order valence-electron chi connectivity index (χ0n) is 28.6. The van der Waals surface area contributed by atoms with Gasteiger partial charge < -0.3 is 0 Å². The third-order valence-electron chi connectivity index (χ3n) is 10.6. The molecule has 0 saturated heterocycles. The van der Waals surface area contributed by atoms with Gasteiger partial charge in [-0.3, -0.25) is 0 Å². The molecule has 0 aliphatic carbocycles. The van der Waals surface area contributed by atoms with Crippen LogP contribution in [0.1, 0.15) is 0 Å². The van der Waals surface area contributed by atoms with E-state index in [-0.39, 0.29) is 0 Å². The second-order valence-electron chi connectivity index (χ2n) is 13.7. The molecule has 11 aromatic rings. The molecule has 0 aliphatic heterocycles. The molecule has 9 aromatic carbocycles. The Labute approximate surface area is 310 Å². The van der Waals surface area contributed by atoms with Crippen LogP contribution in [0.25, 0.3) is 108 Å². The molecular weight excluding hydrogens is 661 g/mol. The predicted octanol–water partition coefficient (Wildman–Crippen LogP) is 14.1. The second-order valence-corrected chi connectivity index (χ2v) is 14.7. The fraction of sp³-hybridized carbons (Fsp3) is 0. The number of hydrogen-bond acceptors (Lipinski definition) is 3. The van der Waals surface area contributed by atoms with Gasteiger partial charge in [0.25, 0.3) is 0 Å². The van der Waals surface area contributed by atoms with Crippen molar-refractivity contribution < 1.29 is 0 Å². The summed E-state index contributed by atoms with van der Waals surface area (Å²) in [6, 6.07) is 65.3. The lowest BCUT2D eigenvalue weighted by Crippen LogP contribution is -1.96. The number of rotatable bonds is 4. The average Bonchev–Trinajstić information content (AvgIpc) is 3.63. The minimum atomic E-state index is 0.715. The van der Waals surface area contributed by atoms with E-state index in [0.717, 1.165) is 33.6 Å². The molecule has 2 heterocycles. The third kappa shape index (κ3) is 4.86. The van der Waals surface area contributed by atoms with Crippen molar-refractivity contribution in [3.63, 3.8) is 0 Å². The molecule has 0 N–H and O–H groups in total. The summed E-state index contributed by atoms with van der Waals surface area (Å²) in [6.45, 7) is 0. The maximum atomic E-state index is 5.09. The molecular formula is C50H30N2S. The first-order valence-electron chi connectivity index (χ1n) is 18.0. The molecule has 0 amide bonds. The lowest BCUT2D eigenvalue weighted by molar-refractivity contribution is 1.18. The molecule has 0 aliphatic rings. The third-order valence-corrected chi connectivity index (χ3v) is 11.9. The van der Waals surface area contributed by atoms with Crippen molar-refractivity contribution in [1.29, 1.82) is 0 Å². The van der Waals surface area contributed by atoms with Crippen LogP contribution in [0.2, 0.25) is 0 Å². The van der Waals surface area contributed by atoms with E-state index in [4.69, 9.17) is 9.97 Å². The molecule has 2 aromatic heterocycles. The Balaban J connectivity index is 1.05. The van der Waals surface area contributed by atoms with E-state index in [2.05, 4.69) is 170 Å². The van der Waals surface area contributed by atoms with Crippen molar-refractivity contribution in [3.8, 4) is 45.0 Å². The topological polar surface area (TPSA) is 25.8 Å². The van der Waals surface area contributed by atoms with Crippen molar-refractivity contribution in [3.05, 3.63) is 182 Å². The summed E-state index contributed by atoms with van der Waals surface area (Å²) in [5.41, 5.74) is 7.26. The van der Waals surface area contributed by atoms with Crippen molar-refractivity contribution in [2.75, 3.05) is 0 Å². The van der Waals surface area contributed by atoms with Crippen LogP contribution in [-0.2, 0) is 0 Å². The first-order valence-corrected chi connectivity index (χ1v) is 18.8. The van der Waals surface area contributed by atoms with E-state index >= 15 is 0 Å². The van der Waals surface area contributed by atoms with Gasteiger partial charge in [-0.1, -0.05) is 164 Å². The molecule has 0 spiro atoms. The maximum absolute atomic E-state index is 5.09. The van der Waals surface area contributed by atoms with Crippen LogP contribution in [0.4, 0.5) is 0 Å². The number of benzene rings is 9. The van der Waals surface area contributed by atoms with Crippen molar-refractivity contribution in [2.45, 2.75) is 0 Å². The van der Waals surface area contributed by atoms with Crippen molar-refractivity contribution in [2.24, 2.45) is 0 Å². The largest absolute Gasteiger partial charge is 0.228 e. The Hall–Kier alpha value is -6.68. The van der Waals surface area contributed by atoms with Gasteiger partial charge in [0.05, 0.1) is 11.4 Å². The van der Waals surface area contributed by atoms with Gasteiger partial charge in [0.1, 0.15) is 0 Å². The maximum Gasteiger partial charge on any atom is 0.160 e. The highest BCUT2D eigenvalue weighted by atomic mass is 32.1. The summed E-state index contributed by atoms with van der Waals surface area (Å²) in [4.78, 5) is 10.2. The van der Waals surface area contributed by atoms with Crippen LogP contribution in [0, 0.1) is 0 Å². The van der Waals surface area contributed by atoms with E-state index in [1.54, 1.807) is 0 Å². The van der Waals surface area contributed by atoms with E-state index in [0.29, 0.717) is 5.82 Å². The molecule has 0 fully saturated rings. The van der Waals surface area contributed by atoms with Crippen LogP contribution in [0.15, 0.2) is 182 Å². The molecule has 11 rings (SSSR count). The zero-order valence-corrected chi connectivity index (χ0v) is 29.4. The Morgan fingerprint density at radius 1 is 0.302 bits per heavy atom. The van der Waals surface area contributed by atoms with Gasteiger partial charge in [-0.25, -0.2) is 9.97 Å². The lowest BCUT2D eigenvalue weighted by Gasteiger charge is -2.11. The van der Waals surface area contributed by atoms with Crippen LogP contribution in [-0.4, -0.2) is 9.97 Å². The monoisotopic (exact) mass is 690 g/mol. The number of aromatic nitrogens is 2.